The highest BCUT2D eigenvalue weighted by Gasteiger charge is 2.16. The maximum Gasteiger partial charge on any atom is 0.164 e. The molecule has 170 valence electrons. The van der Waals surface area contributed by atoms with Crippen molar-refractivity contribution in [2.75, 3.05) is 39.9 Å². The quantitative estimate of drug-likeness (QED) is 0.580. The zero-order valence-corrected chi connectivity index (χ0v) is 19.2. The Kier molecular flexibility index (Phi) is 6.76. The number of nitrogens with one attached hydrogen (secondary N) is 2. The molecule has 3 heterocycles. The van der Waals surface area contributed by atoms with Gasteiger partial charge < -0.3 is 19.9 Å². The fourth-order valence-corrected chi connectivity index (χ4v) is 4.56. The lowest BCUT2D eigenvalue weighted by molar-refractivity contribution is 0.188. The number of methoxy groups -OCH3 is 1. The summed E-state index contributed by atoms with van der Waals surface area (Å²) in [4.78, 5) is 0. The van der Waals surface area contributed by atoms with Crippen LogP contribution < -0.4 is 10.6 Å². The van der Waals surface area contributed by atoms with Gasteiger partial charge in [0, 0.05) is 37.9 Å². The van der Waals surface area contributed by atoms with Crippen molar-refractivity contribution in [1.82, 2.24) is 25.4 Å². The number of nitrogens with zero attached hydrogens (tertiary/aromatic N) is 3. The molecule has 0 spiro atoms. The first kappa shape index (κ1) is 21.8. The molecule has 1 aromatic heterocycles. The van der Waals surface area contributed by atoms with Crippen LogP contribution in [0.25, 0.3) is 33.9 Å². The third-order valence-electron chi connectivity index (χ3n) is 6.43. The van der Waals surface area contributed by atoms with E-state index in [-0.39, 0.29) is 0 Å². The predicted molar refractivity (Wildman–Crippen MR) is 134 cm³/mol. The summed E-state index contributed by atoms with van der Waals surface area (Å²) in [7, 11) is 1.73. The second-order valence-electron chi connectivity index (χ2n) is 8.51. The van der Waals surface area contributed by atoms with Gasteiger partial charge in [-0.05, 0) is 48.2 Å². The Morgan fingerprint density at radius 2 is 1.18 bits per heavy atom. The van der Waals surface area contributed by atoms with Crippen molar-refractivity contribution < 1.29 is 4.74 Å². The lowest BCUT2D eigenvalue weighted by Gasteiger charge is -2.15. The molecule has 2 aliphatic rings. The standard InChI is InChI=1S/C27H31N5O/c1-33-19-18-32-26(24-6-2-20(3-7-24)22-10-14-28-15-11-22)30-31-27(32)25-8-4-21(5-9-25)23-12-16-29-17-13-23/h2-10,12,28-29H,11,13-19H2,1H3. The van der Waals surface area contributed by atoms with Gasteiger partial charge in [0.15, 0.2) is 11.6 Å². The van der Waals surface area contributed by atoms with Crippen LogP contribution in [0, 0.1) is 0 Å². The lowest BCUT2D eigenvalue weighted by atomic mass is 9.99. The van der Waals surface area contributed by atoms with Crippen molar-refractivity contribution in [3.05, 3.63) is 71.8 Å². The van der Waals surface area contributed by atoms with E-state index in [1.807, 2.05) is 0 Å². The molecule has 2 N–H and O–H groups in total. The fourth-order valence-electron chi connectivity index (χ4n) is 4.56. The van der Waals surface area contributed by atoms with Crippen molar-refractivity contribution in [3.8, 4) is 22.8 Å². The van der Waals surface area contributed by atoms with E-state index in [0.717, 1.165) is 61.8 Å². The van der Waals surface area contributed by atoms with Gasteiger partial charge in [-0.25, -0.2) is 0 Å². The highest BCUT2D eigenvalue weighted by atomic mass is 16.5. The van der Waals surface area contributed by atoms with Crippen molar-refractivity contribution in [2.24, 2.45) is 0 Å². The van der Waals surface area contributed by atoms with Crippen LogP contribution in [0.2, 0.25) is 0 Å². The van der Waals surface area contributed by atoms with Crippen LogP contribution in [0.5, 0.6) is 0 Å². The second kappa shape index (κ2) is 10.3. The van der Waals surface area contributed by atoms with E-state index in [9.17, 15) is 0 Å². The molecule has 0 aliphatic carbocycles. The third-order valence-corrected chi connectivity index (χ3v) is 6.43. The number of hydrogen-bond donors (Lipinski definition) is 2. The molecule has 0 saturated heterocycles. The monoisotopic (exact) mass is 441 g/mol. The summed E-state index contributed by atoms with van der Waals surface area (Å²) in [5, 5.41) is 15.9. The normalized spacial score (nSPS) is 16.4. The number of aromatic nitrogens is 3. The zero-order valence-electron chi connectivity index (χ0n) is 19.2. The summed E-state index contributed by atoms with van der Waals surface area (Å²) >= 11 is 0. The van der Waals surface area contributed by atoms with Gasteiger partial charge in [0.2, 0.25) is 0 Å². The maximum atomic E-state index is 5.39. The van der Waals surface area contributed by atoms with E-state index in [1.54, 1.807) is 7.11 Å². The van der Waals surface area contributed by atoms with Crippen LogP contribution in [0.15, 0.2) is 60.7 Å². The molecule has 5 rings (SSSR count). The Morgan fingerprint density at radius 1 is 0.727 bits per heavy atom. The zero-order chi connectivity index (χ0) is 22.5. The summed E-state index contributed by atoms with van der Waals surface area (Å²) < 4.78 is 7.56. The average Bonchev–Trinajstić information content (AvgIpc) is 3.32. The van der Waals surface area contributed by atoms with Gasteiger partial charge in [0.1, 0.15) is 0 Å². The molecule has 2 aliphatic heterocycles. The van der Waals surface area contributed by atoms with Crippen molar-refractivity contribution in [3.63, 3.8) is 0 Å². The van der Waals surface area contributed by atoms with Crippen LogP contribution >= 0.6 is 0 Å². The van der Waals surface area contributed by atoms with Crippen LogP contribution in [-0.2, 0) is 11.3 Å². The van der Waals surface area contributed by atoms with Gasteiger partial charge in [0.25, 0.3) is 0 Å². The highest BCUT2D eigenvalue weighted by molar-refractivity contribution is 5.72. The largest absolute Gasteiger partial charge is 0.383 e. The molecule has 0 fully saturated rings. The summed E-state index contributed by atoms with van der Waals surface area (Å²) in [6.07, 6.45) is 6.69. The summed E-state index contributed by atoms with van der Waals surface area (Å²) in [6, 6.07) is 17.4. The molecule has 33 heavy (non-hydrogen) atoms. The van der Waals surface area contributed by atoms with Gasteiger partial charge in [-0.2, -0.15) is 0 Å². The average molecular weight is 442 g/mol. The SMILES string of the molecule is COCCn1c(-c2ccc(C3=CCNCC3)cc2)nnc1-c1ccc(C2=CCNCC2)cc1. The molecule has 3 aromatic rings. The molecule has 0 radical (unpaired) electrons. The molecule has 6 heteroatoms. The number of ether oxygens (including phenoxy) is 1. The van der Waals surface area contributed by atoms with Crippen molar-refractivity contribution in [1.29, 1.82) is 0 Å². The molecule has 0 unspecified atom stereocenters. The van der Waals surface area contributed by atoms with Gasteiger partial charge in [-0.15, -0.1) is 10.2 Å². The van der Waals surface area contributed by atoms with E-state index in [4.69, 9.17) is 4.74 Å². The van der Waals surface area contributed by atoms with E-state index in [2.05, 4.69) is 86.1 Å². The molecule has 2 aromatic carbocycles. The Hall–Kier alpha value is -3.06. The Morgan fingerprint density at radius 3 is 1.58 bits per heavy atom. The molecule has 0 amide bonds. The Balaban J connectivity index is 1.44. The molecule has 0 bridgehead atoms. The predicted octanol–water partition coefficient (Wildman–Crippen LogP) is 4.01. The first-order valence-corrected chi connectivity index (χ1v) is 11.8. The van der Waals surface area contributed by atoms with Gasteiger partial charge in [-0.3, -0.25) is 0 Å². The highest BCUT2D eigenvalue weighted by Crippen LogP contribution is 2.28. The van der Waals surface area contributed by atoms with E-state index < -0.39 is 0 Å². The summed E-state index contributed by atoms with van der Waals surface area (Å²) in [5.74, 6) is 1.75. The van der Waals surface area contributed by atoms with Gasteiger partial charge >= 0.3 is 0 Å². The third kappa shape index (κ3) is 4.83. The lowest BCUT2D eigenvalue weighted by Crippen LogP contribution is -2.19. The Bertz CT molecular complexity index is 1060. The van der Waals surface area contributed by atoms with Gasteiger partial charge in [-0.1, -0.05) is 60.7 Å². The maximum absolute atomic E-state index is 5.39. The van der Waals surface area contributed by atoms with E-state index >= 15 is 0 Å². The first-order valence-electron chi connectivity index (χ1n) is 11.8. The van der Waals surface area contributed by atoms with Crippen molar-refractivity contribution >= 4 is 11.1 Å². The minimum Gasteiger partial charge on any atom is -0.383 e. The van der Waals surface area contributed by atoms with E-state index in [0.29, 0.717) is 13.2 Å². The number of hydrogen-bond acceptors (Lipinski definition) is 5. The van der Waals surface area contributed by atoms with Crippen molar-refractivity contribution in [2.45, 2.75) is 19.4 Å². The van der Waals surface area contributed by atoms with Crippen LogP contribution in [0.4, 0.5) is 0 Å². The first-order chi connectivity index (χ1) is 16.3. The Labute approximate surface area is 195 Å². The minimum atomic E-state index is 0.605. The molecule has 0 atom stereocenters. The molecular formula is C27H31N5O. The van der Waals surface area contributed by atoms with Crippen LogP contribution in [0.1, 0.15) is 24.0 Å². The molecule has 6 nitrogen and oxygen atoms in total. The smallest absolute Gasteiger partial charge is 0.164 e. The van der Waals surface area contributed by atoms with Crippen LogP contribution in [-0.4, -0.2) is 54.7 Å². The van der Waals surface area contributed by atoms with Gasteiger partial charge in [0.05, 0.1) is 6.61 Å². The second-order valence-corrected chi connectivity index (χ2v) is 8.51. The number of rotatable bonds is 7. The minimum absolute atomic E-state index is 0.605. The fraction of sp³-hybridized carbons (Fsp3) is 0.333. The number of benzene rings is 2. The van der Waals surface area contributed by atoms with Crippen LogP contribution in [0.3, 0.4) is 0 Å². The van der Waals surface area contributed by atoms with E-state index in [1.165, 1.54) is 22.3 Å². The molecular weight excluding hydrogens is 410 g/mol. The molecule has 0 saturated carbocycles. The summed E-state index contributed by atoms with van der Waals surface area (Å²) in [5.41, 5.74) is 7.52. The topological polar surface area (TPSA) is 64.0 Å². The summed E-state index contributed by atoms with van der Waals surface area (Å²) in [6.45, 7) is 5.27.